The van der Waals surface area contributed by atoms with E-state index in [1.54, 1.807) is 12.1 Å². The summed E-state index contributed by atoms with van der Waals surface area (Å²) < 4.78 is 19.0. The van der Waals surface area contributed by atoms with Gasteiger partial charge in [0, 0.05) is 31.1 Å². The van der Waals surface area contributed by atoms with Crippen LogP contribution in [-0.4, -0.2) is 43.7 Å². The van der Waals surface area contributed by atoms with Crippen molar-refractivity contribution in [3.05, 3.63) is 29.6 Å². The number of rotatable bonds is 4. The van der Waals surface area contributed by atoms with Crippen LogP contribution in [0.2, 0.25) is 0 Å². The lowest BCUT2D eigenvalue weighted by Gasteiger charge is -2.23. The lowest BCUT2D eigenvalue weighted by molar-refractivity contribution is 0.162. The number of hydrogen-bond donors (Lipinski definition) is 1. The predicted molar refractivity (Wildman–Crippen MR) is 73.0 cm³/mol. The first-order valence-electron chi connectivity index (χ1n) is 7.08. The molecule has 1 saturated heterocycles. The summed E-state index contributed by atoms with van der Waals surface area (Å²) in [6, 6.07) is 5.41. The van der Waals surface area contributed by atoms with Crippen molar-refractivity contribution in [1.29, 1.82) is 0 Å². The van der Waals surface area contributed by atoms with Crippen molar-refractivity contribution in [2.24, 2.45) is 0 Å². The van der Waals surface area contributed by atoms with Gasteiger partial charge in [-0.15, -0.1) is 0 Å². The molecule has 19 heavy (non-hydrogen) atoms. The van der Waals surface area contributed by atoms with E-state index < -0.39 is 0 Å². The quantitative estimate of drug-likeness (QED) is 0.897. The molecule has 2 aliphatic rings. The molecule has 2 aliphatic heterocycles. The van der Waals surface area contributed by atoms with Gasteiger partial charge in [0.25, 0.3) is 0 Å². The third-order valence-corrected chi connectivity index (χ3v) is 3.97. The molecule has 0 aliphatic carbocycles. The van der Waals surface area contributed by atoms with Crippen molar-refractivity contribution < 1.29 is 9.13 Å². The Hall–Kier alpha value is -1.13. The maximum absolute atomic E-state index is 13.1. The standard InChI is InChI=1S/C15H21FN2O/c1-18(9-13-3-2-6-17-13)10-14-8-11-7-12(16)4-5-15(11)19-14/h4-5,7,13-14,17H,2-3,6,8-10H2,1H3. The SMILES string of the molecule is CN(CC1CCCN1)CC1Cc2cc(F)ccc2O1. The highest BCUT2D eigenvalue weighted by Gasteiger charge is 2.25. The molecule has 1 aromatic rings. The Kier molecular flexibility index (Phi) is 3.71. The van der Waals surface area contributed by atoms with E-state index in [9.17, 15) is 4.39 Å². The van der Waals surface area contributed by atoms with Gasteiger partial charge in [-0.05, 0) is 44.6 Å². The number of hydrogen-bond acceptors (Lipinski definition) is 3. The van der Waals surface area contributed by atoms with Crippen molar-refractivity contribution >= 4 is 0 Å². The summed E-state index contributed by atoms with van der Waals surface area (Å²) in [6.45, 7) is 3.10. The van der Waals surface area contributed by atoms with Crippen LogP contribution in [0.1, 0.15) is 18.4 Å². The number of nitrogens with one attached hydrogen (secondary N) is 1. The van der Waals surface area contributed by atoms with E-state index in [0.29, 0.717) is 6.04 Å². The molecule has 3 rings (SSSR count). The maximum atomic E-state index is 13.1. The van der Waals surface area contributed by atoms with Gasteiger partial charge in [0.15, 0.2) is 0 Å². The first-order chi connectivity index (χ1) is 9.20. The monoisotopic (exact) mass is 264 g/mol. The molecule has 1 N–H and O–H groups in total. The topological polar surface area (TPSA) is 24.5 Å². The third kappa shape index (κ3) is 3.07. The van der Waals surface area contributed by atoms with Crippen molar-refractivity contribution in [3.8, 4) is 5.75 Å². The van der Waals surface area contributed by atoms with Crippen LogP contribution in [0.4, 0.5) is 4.39 Å². The Morgan fingerprint density at radius 3 is 3.11 bits per heavy atom. The molecule has 104 valence electrons. The molecule has 0 aromatic heterocycles. The summed E-state index contributed by atoms with van der Waals surface area (Å²) in [5.41, 5.74) is 0.998. The van der Waals surface area contributed by atoms with Crippen LogP contribution in [0, 0.1) is 5.82 Å². The average Bonchev–Trinajstić information content (AvgIpc) is 2.97. The first kappa shape index (κ1) is 12.9. The molecule has 1 aromatic carbocycles. The van der Waals surface area contributed by atoms with Crippen LogP contribution in [0.3, 0.4) is 0 Å². The van der Waals surface area contributed by atoms with Gasteiger partial charge in [0.05, 0.1) is 0 Å². The summed E-state index contributed by atoms with van der Waals surface area (Å²) in [5.74, 6) is 0.672. The van der Waals surface area contributed by atoms with E-state index in [-0.39, 0.29) is 11.9 Å². The van der Waals surface area contributed by atoms with Gasteiger partial charge in [0.2, 0.25) is 0 Å². The molecule has 2 unspecified atom stereocenters. The summed E-state index contributed by atoms with van der Waals surface area (Å²) in [4.78, 5) is 2.32. The molecule has 2 heterocycles. The number of ether oxygens (including phenoxy) is 1. The van der Waals surface area contributed by atoms with Crippen LogP contribution >= 0.6 is 0 Å². The Balaban J connectivity index is 1.52. The summed E-state index contributed by atoms with van der Waals surface area (Å²) >= 11 is 0. The van der Waals surface area contributed by atoms with Gasteiger partial charge >= 0.3 is 0 Å². The van der Waals surface area contributed by atoms with Crippen molar-refractivity contribution in [1.82, 2.24) is 10.2 Å². The molecular weight excluding hydrogens is 243 g/mol. The minimum absolute atomic E-state index is 0.156. The minimum Gasteiger partial charge on any atom is -0.488 e. The van der Waals surface area contributed by atoms with Crippen LogP contribution in [0.15, 0.2) is 18.2 Å². The number of fused-ring (bicyclic) bond motifs is 1. The molecular formula is C15H21FN2O. The highest BCUT2D eigenvalue weighted by atomic mass is 19.1. The third-order valence-electron chi connectivity index (χ3n) is 3.97. The van der Waals surface area contributed by atoms with E-state index >= 15 is 0 Å². The van der Waals surface area contributed by atoms with Crippen LogP contribution in [0.25, 0.3) is 0 Å². The van der Waals surface area contributed by atoms with E-state index in [2.05, 4.69) is 17.3 Å². The second-order valence-electron chi connectivity index (χ2n) is 5.71. The molecule has 0 amide bonds. The summed E-state index contributed by atoms with van der Waals surface area (Å²) in [7, 11) is 2.13. The minimum atomic E-state index is -0.175. The zero-order valence-electron chi connectivity index (χ0n) is 11.4. The molecule has 0 spiro atoms. The smallest absolute Gasteiger partial charge is 0.123 e. The van der Waals surface area contributed by atoms with Gasteiger partial charge in [-0.2, -0.15) is 0 Å². The number of benzene rings is 1. The highest BCUT2D eigenvalue weighted by Crippen LogP contribution is 2.29. The Morgan fingerprint density at radius 2 is 2.32 bits per heavy atom. The van der Waals surface area contributed by atoms with Gasteiger partial charge in [-0.25, -0.2) is 4.39 Å². The number of halogens is 1. The molecule has 0 bridgehead atoms. The van der Waals surface area contributed by atoms with Crippen molar-refractivity contribution in [2.45, 2.75) is 31.4 Å². The molecule has 0 saturated carbocycles. The zero-order valence-corrected chi connectivity index (χ0v) is 11.4. The maximum Gasteiger partial charge on any atom is 0.123 e. The average molecular weight is 264 g/mol. The second kappa shape index (κ2) is 5.47. The Morgan fingerprint density at radius 1 is 1.42 bits per heavy atom. The molecule has 3 nitrogen and oxygen atoms in total. The van der Waals surface area contributed by atoms with Crippen molar-refractivity contribution in [3.63, 3.8) is 0 Å². The lowest BCUT2D eigenvalue weighted by atomic mass is 10.1. The van der Waals surface area contributed by atoms with Gasteiger partial charge in [-0.1, -0.05) is 0 Å². The fourth-order valence-electron chi connectivity index (χ4n) is 3.10. The fourth-order valence-corrected chi connectivity index (χ4v) is 3.10. The predicted octanol–water partition coefficient (Wildman–Crippen LogP) is 1.81. The van der Waals surface area contributed by atoms with E-state index in [4.69, 9.17) is 4.74 Å². The normalized spacial score (nSPS) is 25.6. The second-order valence-corrected chi connectivity index (χ2v) is 5.71. The van der Waals surface area contributed by atoms with Gasteiger partial charge in [-0.3, -0.25) is 0 Å². The molecule has 1 fully saturated rings. The molecule has 4 heteroatoms. The van der Waals surface area contributed by atoms with Gasteiger partial charge in [0.1, 0.15) is 17.7 Å². The fraction of sp³-hybridized carbons (Fsp3) is 0.600. The Bertz CT molecular complexity index is 446. The molecule has 0 radical (unpaired) electrons. The number of likely N-dealkylation sites (N-methyl/N-ethyl adjacent to an activating group) is 1. The number of nitrogens with zero attached hydrogens (tertiary/aromatic N) is 1. The van der Waals surface area contributed by atoms with Crippen LogP contribution in [0.5, 0.6) is 5.75 Å². The summed E-state index contributed by atoms with van der Waals surface area (Å²) in [6.07, 6.45) is 3.52. The summed E-state index contributed by atoms with van der Waals surface area (Å²) in [5, 5.41) is 3.50. The molecule has 2 atom stereocenters. The lowest BCUT2D eigenvalue weighted by Crippen LogP contribution is -2.40. The van der Waals surface area contributed by atoms with E-state index in [1.165, 1.54) is 18.9 Å². The van der Waals surface area contributed by atoms with Crippen LogP contribution in [-0.2, 0) is 6.42 Å². The first-order valence-corrected chi connectivity index (χ1v) is 7.08. The zero-order chi connectivity index (χ0) is 13.2. The Labute approximate surface area is 113 Å². The highest BCUT2D eigenvalue weighted by molar-refractivity contribution is 5.37. The van der Waals surface area contributed by atoms with Crippen molar-refractivity contribution in [2.75, 3.05) is 26.7 Å². The van der Waals surface area contributed by atoms with E-state index in [1.807, 2.05) is 0 Å². The van der Waals surface area contributed by atoms with Crippen LogP contribution < -0.4 is 10.1 Å². The largest absolute Gasteiger partial charge is 0.488 e. The van der Waals surface area contributed by atoms with Gasteiger partial charge < -0.3 is 15.0 Å². The van der Waals surface area contributed by atoms with E-state index in [0.717, 1.165) is 37.4 Å².